The predicted octanol–water partition coefficient (Wildman–Crippen LogP) is 1.50. The van der Waals surface area contributed by atoms with Crippen molar-refractivity contribution in [3.63, 3.8) is 0 Å². The molecular weight excluding hydrogens is 122 g/mol. The molecule has 0 unspecified atom stereocenters. The van der Waals surface area contributed by atoms with Crippen LogP contribution in [0.2, 0.25) is 5.79 Å². The van der Waals surface area contributed by atoms with E-state index in [0.29, 0.717) is 0 Å². The molecule has 0 aliphatic heterocycles. The van der Waals surface area contributed by atoms with Crippen LogP contribution in [0, 0.1) is 0 Å². The van der Waals surface area contributed by atoms with Crippen molar-refractivity contribution in [2.45, 2.75) is 9.48 Å². The van der Waals surface area contributed by atoms with Gasteiger partial charge in [0.05, 0.1) is 0 Å². The van der Waals surface area contributed by atoms with Crippen molar-refractivity contribution in [1.82, 2.24) is 0 Å². The maximum atomic E-state index is 5.26. The van der Waals surface area contributed by atoms with Crippen molar-refractivity contribution in [1.29, 1.82) is 0 Å². The number of hydrogen-bond donors (Lipinski definition) is 0. The summed E-state index contributed by atoms with van der Waals surface area (Å²) < 4.78 is -0.0880. The minimum atomic E-state index is -0.0880. The zero-order chi connectivity index (χ0) is 4.28. The zero-order valence-corrected chi connectivity index (χ0v) is 5.58. The Hall–Kier alpha value is 1.11. The summed E-state index contributed by atoms with van der Waals surface area (Å²) in [5.41, 5.74) is 0. The first-order valence-electron chi connectivity index (χ1n) is 1.35. The number of hydrogen-bond acceptors (Lipinski definition) is 0. The molecule has 0 amide bonds. The number of halogens is 2. The first-order chi connectivity index (χ1) is 2.27. The van der Waals surface area contributed by atoms with Gasteiger partial charge in [-0.3, -0.25) is 0 Å². The summed E-state index contributed by atoms with van der Waals surface area (Å²) in [5.74, 6) is 2.02. The molecule has 0 bridgehead atoms. The van der Waals surface area contributed by atoms with Crippen LogP contribution in [0.3, 0.4) is 0 Å². The van der Waals surface area contributed by atoms with Crippen LogP contribution in [-0.4, -0.2) is 18.9 Å². The Morgan fingerprint density at radius 2 is 1.80 bits per heavy atom. The van der Waals surface area contributed by atoms with Crippen LogP contribution in [0.15, 0.2) is 0 Å². The summed E-state index contributed by atoms with van der Waals surface area (Å²) in [4.78, 5) is 0. The third kappa shape index (κ3) is 5.11. The van der Waals surface area contributed by atoms with E-state index in [-0.39, 0.29) is 18.9 Å². The number of alkyl halides is 2. The summed E-state index contributed by atoms with van der Waals surface area (Å²) in [6, 6.07) is 0. The fourth-order valence-corrected chi connectivity index (χ4v) is 0. The van der Waals surface area contributed by atoms with Crippen molar-refractivity contribution in [3.05, 3.63) is 0 Å². The van der Waals surface area contributed by atoms with Crippen LogP contribution in [0.1, 0.15) is 0 Å². The summed E-state index contributed by atoms with van der Waals surface area (Å²) in [5, 5.41) is 0. The van der Waals surface area contributed by atoms with Gasteiger partial charge in [0.1, 0.15) is 0 Å². The van der Waals surface area contributed by atoms with E-state index in [9.17, 15) is 0 Å². The van der Waals surface area contributed by atoms with Crippen molar-refractivity contribution in [2.75, 3.05) is 0 Å². The van der Waals surface area contributed by atoms with Gasteiger partial charge in [-0.2, -0.15) is 0 Å². The van der Waals surface area contributed by atoms with Gasteiger partial charge in [-0.25, -0.2) is 0 Å². The van der Waals surface area contributed by atoms with E-state index in [1.807, 2.05) is 5.79 Å². The Labute approximate surface area is 48.2 Å². The van der Waals surface area contributed by atoms with Crippen molar-refractivity contribution in [3.8, 4) is 0 Å². The molecule has 0 atom stereocenters. The molecule has 0 rings (SSSR count). The van der Waals surface area contributed by atoms with E-state index in [4.69, 9.17) is 23.2 Å². The second kappa shape index (κ2) is 3.31. The van der Waals surface area contributed by atoms with Gasteiger partial charge in [-0.15, -0.1) is 0 Å². The summed E-state index contributed by atoms with van der Waals surface area (Å²) in [6.45, 7) is 0. The molecule has 0 saturated carbocycles. The average Bonchev–Trinajstić information content (AvgIpc) is 1.38. The van der Waals surface area contributed by atoms with Crippen LogP contribution in [0.25, 0.3) is 0 Å². The van der Waals surface area contributed by atoms with Crippen LogP contribution in [0.5, 0.6) is 0 Å². The van der Waals surface area contributed by atoms with Gasteiger partial charge >= 0.3 is 47.9 Å². The minimum absolute atomic E-state index is 0.0880. The maximum absolute atomic E-state index is 5.26. The molecule has 3 heteroatoms. The molecule has 0 aromatic rings. The molecule has 0 radical (unpaired) electrons. The first kappa shape index (κ1) is 6.11. The molecular formula is C2H4AlCl2+. The molecule has 0 aromatic heterocycles. The molecule has 0 aliphatic carbocycles. The third-order valence-corrected chi connectivity index (χ3v) is 2.27. The van der Waals surface area contributed by atoms with Crippen molar-refractivity contribution >= 4 is 38.4 Å². The second-order valence-corrected chi connectivity index (χ2v) is 4.01. The molecule has 0 heterocycles. The van der Waals surface area contributed by atoms with Crippen LogP contribution < -0.4 is 0 Å². The summed E-state index contributed by atoms with van der Waals surface area (Å²) in [6.07, 6.45) is 0. The Balaban J connectivity index is 2.54. The Kier molecular flexibility index (Phi) is 4.04. The zero-order valence-electron chi connectivity index (χ0n) is 2.91. The van der Waals surface area contributed by atoms with E-state index in [1.54, 1.807) is 0 Å². The van der Waals surface area contributed by atoms with Gasteiger partial charge in [0.15, 0.2) is 0 Å². The van der Waals surface area contributed by atoms with Crippen molar-refractivity contribution < 1.29 is 0 Å². The molecule has 0 fully saturated rings. The van der Waals surface area contributed by atoms with Crippen LogP contribution in [0.4, 0.5) is 0 Å². The van der Waals surface area contributed by atoms with Gasteiger partial charge in [0.25, 0.3) is 0 Å². The van der Waals surface area contributed by atoms with Crippen LogP contribution >= 0.6 is 23.2 Å². The quantitative estimate of drug-likeness (QED) is 0.368. The van der Waals surface area contributed by atoms with Gasteiger partial charge in [-0.1, -0.05) is 0 Å². The SMILES string of the molecule is [CH3][Al+][CH](Cl)Cl. The van der Waals surface area contributed by atoms with E-state index < -0.39 is 0 Å². The van der Waals surface area contributed by atoms with Crippen LogP contribution in [-0.2, 0) is 0 Å². The monoisotopic (exact) mass is 125 g/mol. The first-order valence-corrected chi connectivity index (χ1v) is 4.04. The Morgan fingerprint density at radius 3 is 1.80 bits per heavy atom. The fraction of sp³-hybridized carbons (Fsp3) is 1.00. The second-order valence-electron chi connectivity index (χ2n) is 0.668. The standard InChI is InChI=1S/CHCl2.CH3.Al/c2-1-3;;/h1H;1H3;/q;;+1. The van der Waals surface area contributed by atoms with E-state index in [0.717, 1.165) is 0 Å². The van der Waals surface area contributed by atoms with Crippen molar-refractivity contribution in [2.24, 2.45) is 0 Å². The van der Waals surface area contributed by atoms with Gasteiger partial charge < -0.3 is 0 Å². The van der Waals surface area contributed by atoms with E-state index in [1.165, 1.54) is 0 Å². The van der Waals surface area contributed by atoms with Gasteiger partial charge in [-0.05, 0) is 0 Å². The summed E-state index contributed by atoms with van der Waals surface area (Å²) >= 11 is 10.8. The predicted molar refractivity (Wildman–Crippen MR) is 27.1 cm³/mol. The molecule has 0 N–H and O–H groups in total. The summed E-state index contributed by atoms with van der Waals surface area (Å²) in [7, 11) is 0. The molecule has 5 heavy (non-hydrogen) atoms. The third-order valence-electron chi connectivity index (χ3n) is 0.252. The van der Waals surface area contributed by atoms with E-state index in [2.05, 4.69) is 0 Å². The molecule has 0 spiro atoms. The molecule has 0 nitrogen and oxygen atoms in total. The van der Waals surface area contributed by atoms with E-state index >= 15 is 0 Å². The topological polar surface area (TPSA) is 0 Å². The normalized spacial score (nSPS) is 8.00. The fourth-order valence-electron chi connectivity index (χ4n) is 0. The van der Waals surface area contributed by atoms with Gasteiger partial charge in [0.2, 0.25) is 0 Å². The molecule has 0 aromatic carbocycles. The average molecular weight is 126 g/mol. The Bertz CT molecular complexity index is 21.6. The molecule has 28 valence electrons. The van der Waals surface area contributed by atoms with Gasteiger partial charge in [0, 0.05) is 0 Å². The molecule has 0 saturated heterocycles. The Morgan fingerprint density at radius 1 is 1.60 bits per heavy atom. The molecule has 0 aliphatic rings. The number of rotatable bonds is 1.